The number of ketones is 2. The highest BCUT2D eigenvalue weighted by Crippen LogP contribution is 2.29. The number of rotatable bonds is 4. The van der Waals surface area contributed by atoms with Crippen LogP contribution in [0.3, 0.4) is 0 Å². The molecular formula is C13H16O4. The summed E-state index contributed by atoms with van der Waals surface area (Å²) in [6, 6.07) is 4.93. The van der Waals surface area contributed by atoms with Crippen LogP contribution in [0.25, 0.3) is 0 Å². The minimum Gasteiger partial charge on any atom is -0.294 e. The van der Waals surface area contributed by atoms with Crippen LogP contribution in [0.2, 0.25) is 0 Å². The van der Waals surface area contributed by atoms with E-state index in [1.807, 2.05) is 0 Å². The van der Waals surface area contributed by atoms with Gasteiger partial charge >= 0.3 is 0 Å². The Morgan fingerprint density at radius 1 is 1.18 bits per heavy atom. The predicted molar refractivity (Wildman–Crippen MR) is 63.2 cm³/mol. The van der Waals surface area contributed by atoms with Crippen LogP contribution in [0.4, 0.5) is 0 Å². The van der Waals surface area contributed by atoms with Gasteiger partial charge in [-0.1, -0.05) is 18.2 Å². The molecule has 0 heterocycles. The van der Waals surface area contributed by atoms with Gasteiger partial charge in [0.2, 0.25) is 0 Å². The van der Waals surface area contributed by atoms with Gasteiger partial charge in [-0.05, 0) is 33.3 Å². The highest BCUT2D eigenvalue weighted by atomic mass is 17.1. The van der Waals surface area contributed by atoms with Crippen molar-refractivity contribution >= 4 is 11.6 Å². The van der Waals surface area contributed by atoms with E-state index >= 15 is 0 Å². The van der Waals surface area contributed by atoms with Crippen LogP contribution in [0.1, 0.15) is 54.0 Å². The summed E-state index contributed by atoms with van der Waals surface area (Å²) in [7, 11) is 0. The zero-order valence-electron chi connectivity index (χ0n) is 10.4. The van der Waals surface area contributed by atoms with Gasteiger partial charge in [0.25, 0.3) is 0 Å². The van der Waals surface area contributed by atoms with E-state index in [-0.39, 0.29) is 11.6 Å². The minimum atomic E-state index is -1.04. The van der Waals surface area contributed by atoms with Crippen LogP contribution >= 0.6 is 0 Å². The Morgan fingerprint density at radius 2 is 1.76 bits per heavy atom. The molecule has 0 spiro atoms. The normalized spacial score (nSPS) is 11.4. The molecule has 1 rings (SSSR count). The molecule has 0 atom stereocenters. The lowest BCUT2D eigenvalue weighted by Gasteiger charge is -2.24. The smallest absolute Gasteiger partial charge is 0.160 e. The maximum atomic E-state index is 11.7. The molecular weight excluding hydrogens is 220 g/mol. The molecule has 1 N–H and O–H groups in total. The largest absolute Gasteiger partial charge is 0.294 e. The van der Waals surface area contributed by atoms with Gasteiger partial charge in [0.05, 0.1) is 0 Å². The van der Waals surface area contributed by atoms with Crippen molar-refractivity contribution in [2.24, 2.45) is 0 Å². The Labute approximate surface area is 100 Å². The van der Waals surface area contributed by atoms with Gasteiger partial charge in [-0.15, -0.1) is 0 Å². The van der Waals surface area contributed by atoms with E-state index < -0.39 is 5.60 Å². The number of carbonyl (C=O) groups is 2. The molecule has 4 heteroatoms. The fraction of sp³-hybridized carbons (Fsp3) is 0.385. The first-order chi connectivity index (χ1) is 7.81. The van der Waals surface area contributed by atoms with E-state index in [1.54, 1.807) is 32.0 Å². The SMILES string of the molecule is CC(=O)c1cccc(C(C)(C)OO)c1C(C)=O. The van der Waals surface area contributed by atoms with E-state index in [1.165, 1.54) is 13.8 Å². The van der Waals surface area contributed by atoms with Gasteiger partial charge in [0.1, 0.15) is 5.60 Å². The Morgan fingerprint density at radius 3 is 2.18 bits per heavy atom. The molecule has 0 aromatic heterocycles. The molecule has 0 aliphatic rings. The van der Waals surface area contributed by atoms with Crippen LogP contribution in [-0.4, -0.2) is 16.8 Å². The van der Waals surface area contributed by atoms with Crippen LogP contribution in [-0.2, 0) is 10.5 Å². The third-order valence-electron chi connectivity index (χ3n) is 2.67. The Bertz CT molecular complexity index is 460. The zero-order valence-corrected chi connectivity index (χ0v) is 10.4. The fourth-order valence-electron chi connectivity index (χ4n) is 1.78. The van der Waals surface area contributed by atoms with Gasteiger partial charge in [-0.25, -0.2) is 4.89 Å². The summed E-state index contributed by atoms with van der Waals surface area (Å²) in [6.45, 7) is 6.04. The molecule has 0 aliphatic heterocycles. The average molecular weight is 236 g/mol. The molecule has 0 amide bonds. The van der Waals surface area contributed by atoms with E-state index in [2.05, 4.69) is 4.89 Å². The van der Waals surface area contributed by atoms with E-state index in [0.717, 1.165) is 0 Å². The van der Waals surface area contributed by atoms with E-state index in [4.69, 9.17) is 5.26 Å². The zero-order chi connectivity index (χ0) is 13.2. The van der Waals surface area contributed by atoms with Gasteiger partial charge in [0, 0.05) is 11.1 Å². The van der Waals surface area contributed by atoms with Crippen LogP contribution in [0.15, 0.2) is 18.2 Å². The Balaban J connectivity index is 3.57. The molecule has 1 aromatic rings. The maximum absolute atomic E-state index is 11.7. The lowest BCUT2D eigenvalue weighted by molar-refractivity contribution is -0.318. The summed E-state index contributed by atoms with van der Waals surface area (Å²) in [6.07, 6.45) is 0. The summed E-state index contributed by atoms with van der Waals surface area (Å²) in [5, 5.41) is 8.89. The maximum Gasteiger partial charge on any atom is 0.160 e. The summed E-state index contributed by atoms with van der Waals surface area (Å²) in [4.78, 5) is 27.5. The number of carbonyl (C=O) groups excluding carboxylic acids is 2. The first-order valence-corrected chi connectivity index (χ1v) is 5.29. The monoisotopic (exact) mass is 236 g/mol. The number of benzene rings is 1. The minimum absolute atomic E-state index is 0.189. The standard InChI is InChI=1S/C13H16O4/c1-8(14)10-6-5-7-11(12(10)9(2)15)13(3,4)17-16/h5-7,16H,1-4H3. The molecule has 0 aliphatic carbocycles. The summed E-state index contributed by atoms with van der Waals surface area (Å²) in [5.74, 6) is -0.415. The third kappa shape index (κ3) is 2.60. The average Bonchev–Trinajstić information content (AvgIpc) is 2.27. The van der Waals surface area contributed by atoms with Gasteiger partial charge in [0.15, 0.2) is 11.6 Å². The van der Waals surface area contributed by atoms with Crippen molar-refractivity contribution in [1.82, 2.24) is 0 Å². The predicted octanol–water partition coefficient (Wildman–Crippen LogP) is 2.82. The van der Waals surface area contributed by atoms with E-state index in [0.29, 0.717) is 16.7 Å². The molecule has 0 saturated carbocycles. The molecule has 1 aromatic carbocycles. The quantitative estimate of drug-likeness (QED) is 0.496. The van der Waals surface area contributed by atoms with Gasteiger partial charge in [-0.2, -0.15) is 0 Å². The first kappa shape index (κ1) is 13.5. The Kier molecular flexibility index (Phi) is 3.80. The molecule has 92 valence electrons. The molecule has 0 fully saturated rings. The number of hydrogen-bond acceptors (Lipinski definition) is 4. The van der Waals surface area contributed by atoms with Crippen LogP contribution in [0, 0.1) is 0 Å². The van der Waals surface area contributed by atoms with Crippen molar-refractivity contribution in [3.8, 4) is 0 Å². The van der Waals surface area contributed by atoms with E-state index in [9.17, 15) is 9.59 Å². The van der Waals surface area contributed by atoms with Crippen molar-refractivity contribution in [3.63, 3.8) is 0 Å². The third-order valence-corrected chi connectivity index (χ3v) is 2.67. The van der Waals surface area contributed by atoms with Crippen molar-refractivity contribution in [2.75, 3.05) is 0 Å². The molecule has 0 radical (unpaired) electrons. The van der Waals surface area contributed by atoms with Crippen molar-refractivity contribution < 1.29 is 19.7 Å². The topological polar surface area (TPSA) is 63.6 Å². The molecule has 0 unspecified atom stereocenters. The van der Waals surface area contributed by atoms with Crippen molar-refractivity contribution in [3.05, 3.63) is 34.9 Å². The summed E-state index contributed by atoms with van der Waals surface area (Å²) in [5.41, 5.74) is 0.117. The van der Waals surface area contributed by atoms with Gasteiger partial charge in [-0.3, -0.25) is 14.8 Å². The number of Topliss-reactive ketones (excluding diaryl/α,β-unsaturated/α-hetero) is 2. The van der Waals surface area contributed by atoms with Crippen LogP contribution < -0.4 is 0 Å². The second-order valence-electron chi connectivity index (χ2n) is 4.44. The molecule has 0 bridgehead atoms. The first-order valence-electron chi connectivity index (χ1n) is 5.29. The summed E-state index contributed by atoms with van der Waals surface area (Å²) < 4.78 is 0. The van der Waals surface area contributed by atoms with Crippen molar-refractivity contribution in [1.29, 1.82) is 0 Å². The fourth-order valence-corrected chi connectivity index (χ4v) is 1.78. The second-order valence-corrected chi connectivity index (χ2v) is 4.44. The summed E-state index contributed by atoms with van der Waals surface area (Å²) >= 11 is 0. The van der Waals surface area contributed by atoms with Crippen molar-refractivity contribution in [2.45, 2.75) is 33.3 Å². The highest BCUT2D eigenvalue weighted by Gasteiger charge is 2.28. The second kappa shape index (κ2) is 4.77. The lowest BCUT2D eigenvalue weighted by atomic mass is 9.87. The van der Waals surface area contributed by atoms with Crippen LogP contribution in [0.5, 0.6) is 0 Å². The molecule has 17 heavy (non-hydrogen) atoms. The number of hydrogen-bond donors (Lipinski definition) is 1. The lowest BCUT2D eigenvalue weighted by Crippen LogP contribution is -2.24. The Hall–Kier alpha value is -1.52. The highest BCUT2D eigenvalue weighted by molar-refractivity contribution is 6.08. The molecule has 4 nitrogen and oxygen atoms in total. The molecule has 0 saturated heterocycles. The van der Waals surface area contributed by atoms with Gasteiger partial charge < -0.3 is 0 Å².